The zero-order valence-electron chi connectivity index (χ0n) is 13.5. The van der Waals surface area contributed by atoms with E-state index in [1.165, 1.54) is 0 Å². The average molecular weight is 351 g/mol. The molecule has 4 nitrogen and oxygen atoms in total. The van der Waals surface area contributed by atoms with Crippen LogP contribution in [0.4, 0.5) is 11.4 Å². The molecule has 25 heavy (non-hydrogen) atoms. The highest BCUT2D eigenvalue weighted by atomic mass is 32.2. The van der Waals surface area contributed by atoms with Gasteiger partial charge in [-0.25, -0.2) is 0 Å². The molecule has 0 saturated heterocycles. The highest BCUT2D eigenvalue weighted by Gasteiger charge is 2.19. The quantitative estimate of drug-likeness (QED) is 0.737. The molecule has 3 aromatic rings. The SMILES string of the molecule is O=S(Cc1cc2c(cc1Nc1ccccc1)OCO2)c1ccccc1. The first-order valence-electron chi connectivity index (χ1n) is 7.97. The van der Waals surface area contributed by atoms with Crippen LogP contribution in [0.2, 0.25) is 0 Å². The van der Waals surface area contributed by atoms with Gasteiger partial charge in [0, 0.05) is 22.3 Å². The number of fused-ring (bicyclic) bond motifs is 1. The van der Waals surface area contributed by atoms with Crippen LogP contribution < -0.4 is 14.8 Å². The van der Waals surface area contributed by atoms with Crippen LogP contribution in [0.5, 0.6) is 11.5 Å². The molecular formula is C20H17NO3S. The summed E-state index contributed by atoms with van der Waals surface area (Å²) in [6, 6.07) is 23.2. The van der Waals surface area contributed by atoms with Gasteiger partial charge >= 0.3 is 0 Å². The minimum absolute atomic E-state index is 0.214. The van der Waals surface area contributed by atoms with Crippen molar-refractivity contribution in [2.24, 2.45) is 0 Å². The van der Waals surface area contributed by atoms with E-state index in [9.17, 15) is 4.21 Å². The summed E-state index contributed by atoms with van der Waals surface area (Å²) in [4.78, 5) is 0.811. The Morgan fingerprint density at radius 2 is 1.52 bits per heavy atom. The van der Waals surface area contributed by atoms with Gasteiger partial charge in [0.15, 0.2) is 11.5 Å². The Hall–Kier alpha value is -2.79. The summed E-state index contributed by atoms with van der Waals surface area (Å²) < 4.78 is 23.7. The molecule has 0 fully saturated rings. The third-order valence-corrected chi connectivity index (χ3v) is 5.32. The van der Waals surface area contributed by atoms with E-state index < -0.39 is 10.8 Å². The summed E-state index contributed by atoms with van der Waals surface area (Å²) in [5.74, 6) is 1.79. The molecule has 1 unspecified atom stereocenters. The maximum absolute atomic E-state index is 12.7. The normalized spacial score (nSPS) is 13.4. The molecule has 1 aliphatic rings. The monoisotopic (exact) mass is 351 g/mol. The van der Waals surface area contributed by atoms with Gasteiger partial charge in [0.1, 0.15) is 0 Å². The Kier molecular flexibility index (Phi) is 4.39. The van der Waals surface area contributed by atoms with Crippen molar-refractivity contribution < 1.29 is 13.7 Å². The smallest absolute Gasteiger partial charge is 0.231 e. The van der Waals surface area contributed by atoms with Gasteiger partial charge in [-0.05, 0) is 35.9 Å². The molecule has 126 valence electrons. The van der Waals surface area contributed by atoms with Crippen LogP contribution in [0, 0.1) is 0 Å². The Labute approximate surface area is 148 Å². The number of anilines is 2. The molecule has 0 aromatic heterocycles. The summed E-state index contributed by atoms with van der Waals surface area (Å²) in [7, 11) is -1.14. The lowest BCUT2D eigenvalue weighted by Gasteiger charge is -2.13. The van der Waals surface area contributed by atoms with Crippen molar-refractivity contribution in [1.29, 1.82) is 0 Å². The molecule has 4 rings (SSSR count). The fourth-order valence-electron chi connectivity index (χ4n) is 2.69. The first-order valence-corrected chi connectivity index (χ1v) is 9.29. The first kappa shape index (κ1) is 15.7. The van der Waals surface area contributed by atoms with E-state index in [1.54, 1.807) is 0 Å². The summed E-state index contributed by atoms with van der Waals surface area (Å²) in [6.45, 7) is 0.214. The van der Waals surface area contributed by atoms with Gasteiger partial charge in [0.05, 0.1) is 16.6 Å². The predicted octanol–water partition coefficient (Wildman–Crippen LogP) is 4.47. The molecule has 1 N–H and O–H groups in total. The van der Waals surface area contributed by atoms with Crippen molar-refractivity contribution in [2.75, 3.05) is 12.1 Å². The summed E-state index contributed by atoms with van der Waals surface area (Å²) in [6.07, 6.45) is 0. The van der Waals surface area contributed by atoms with Crippen LogP contribution in [-0.2, 0) is 16.6 Å². The van der Waals surface area contributed by atoms with E-state index >= 15 is 0 Å². The second kappa shape index (κ2) is 6.99. The third kappa shape index (κ3) is 3.51. The lowest BCUT2D eigenvalue weighted by atomic mass is 10.1. The van der Waals surface area contributed by atoms with Gasteiger partial charge in [0.2, 0.25) is 6.79 Å². The fraction of sp³-hybridized carbons (Fsp3) is 0.100. The molecule has 1 aliphatic heterocycles. The van der Waals surface area contributed by atoms with E-state index in [0.717, 1.165) is 21.8 Å². The van der Waals surface area contributed by atoms with E-state index in [4.69, 9.17) is 9.47 Å². The van der Waals surface area contributed by atoms with Gasteiger partial charge in [-0.2, -0.15) is 0 Å². The average Bonchev–Trinajstić information content (AvgIpc) is 3.10. The molecular weight excluding hydrogens is 334 g/mol. The topological polar surface area (TPSA) is 47.6 Å². The zero-order chi connectivity index (χ0) is 17.1. The zero-order valence-corrected chi connectivity index (χ0v) is 14.3. The molecule has 0 aliphatic carbocycles. The lowest BCUT2D eigenvalue weighted by molar-refractivity contribution is 0.174. The second-order valence-corrected chi connectivity index (χ2v) is 7.11. The largest absolute Gasteiger partial charge is 0.454 e. The number of benzene rings is 3. The highest BCUT2D eigenvalue weighted by molar-refractivity contribution is 7.84. The van der Waals surface area contributed by atoms with Crippen LogP contribution in [-0.4, -0.2) is 11.0 Å². The molecule has 5 heteroatoms. The van der Waals surface area contributed by atoms with Crippen molar-refractivity contribution in [3.8, 4) is 11.5 Å². The van der Waals surface area contributed by atoms with Crippen molar-refractivity contribution in [2.45, 2.75) is 10.6 Å². The summed E-state index contributed by atoms with van der Waals surface area (Å²) in [5.41, 5.74) is 2.77. The molecule has 1 heterocycles. The number of hydrogen-bond donors (Lipinski definition) is 1. The van der Waals surface area contributed by atoms with Crippen LogP contribution in [0.15, 0.2) is 77.7 Å². The van der Waals surface area contributed by atoms with Gasteiger partial charge in [-0.3, -0.25) is 4.21 Å². The number of nitrogens with one attached hydrogen (secondary N) is 1. The van der Waals surface area contributed by atoms with E-state index in [1.807, 2.05) is 72.8 Å². The standard InChI is InChI=1S/C20H17NO3S/c22-25(17-9-5-2-6-10-17)13-15-11-19-20(24-14-23-19)12-18(15)21-16-7-3-1-4-8-16/h1-12,21H,13-14H2. The van der Waals surface area contributed by atoms with Gasteiger partial charge < -0.3 is 14.8 Å². The summed E-state index contributed by atoms with van der Waals surface area (Å²) >= 11 is 0. The Morgan fingerprint density at radius 1 is 0.880 bits per heavy atom. The van der Waals surface area contributed by atoms with Crippen LogP contribution in [0.25, 0.3) is 0 Å². The lowest BCUT2D eigenvalue weighted by Crippen LogP contribution is -2.01. The third-order valence-electron chi connectivity index (χ3n) is 3.94. The maximum atomic E-state index is 12.7. The minimum atomic E-state index is -1.14. The Morgan fingerprint density at radius 3 is 2.24 bits per heavy atom. The van der Waals surface area contributed by atoms with Crippen molar-refractivity contribution in [3.63, 3.8) is 0 Å². The van der Waals surface area contributed by atoms with Crippen LogP contribution >= 0.6 is 0 Å². The molecule has 3 aromatic carbocycles. The number of hydrogen-bond acceptors (Lipinski definition) is 4. The molecule has 0 radical (unpaired) electrons. The van der Waals surface area contributed by atoms with E-state index in [-0.39, 0.29) is 6.79 Å². The van der Waals surface area contributed by atoms with Crippen molar-refractivity contribution in [1.82, 2.24) is 0 Å². The van der Waals surface area contributed by atoms with E-state index in [2.05, 4.69) is 5.32 Å². The molecule has 1 atom stereocenters. The van der Waals surface area contributed by atoms with Gasteiger partial charge in [0.25, 0.3) is 0 Å². The molecule has 0 amide bonds. The summed E-state index contributed by atoms with van der Waals surface area (Å²) in [5, 5.41) is 3.39. The van der Waals surface area contributed by atoms with Gasteiger partial charge in [-0.1, -0.05) is 36.4 Å². The van der Waals surface area contributed by atoms with Crippen LogP contribution in [0.1, 0.15) is 5.56 Å². The van der Waals surface area contributed by atoms with Crippen molar-refractivity contribution in [3.05, 3.63) is 78.4 Å². The van der Waals surface area contributed by atoms with E-state index in [0.29, 0.717) is 17.3 Å². The van der Waals surface area contributed by atoms with Crippen LogP contribution in [0.3, 0.4) is 0 Å². The van der Waals surface area contributed by atoms with Gasteiger partial charge in [-0.15, -0.1) is 0 Å². The Bertz CT molecular complexity index is 898. The highest BCUT2D eigenvalue weighted by Crippen LogP contribution is 2.38. The van der Waals surface area contributed by atoms with Crippen molar-refractivity contribution >= 4 is 22.2 Å². The Balaban J connectivity index is 1.66. The second-order valence-electron chi connectivity index (χ2n) is 5.66. The molecule has 0 saturated carbocycles. The molecule has 0 spiro atoms. The number of para-hydroxylation sites is 1. The fourth-order valence-corrected chi connectivity index (χ4v) is 3.84. The first-order chi connectivity index (χ1) is 12.3. The maximum Gasteiger partial charge on any atom is 0.231 e. The minimum Gasteiger partial charge on any atom is -0.454 e. The predicted molar refractivity (Wildman–Crippen MR) is 98.8 cm³/mol. The number of ether oxygens (including phenoxy) is 2. The number of rotatable bonds is 5. The molecule has 0 bridgehead atoms.